The molecule has 1 fully saturated rings. The molecule has 3 heterocycles. The van der Waals surface area contributed by atoms with E-state index in [9.17, 15) is 4.79 Å². The van der Waals surface area contributed by atoms with Gasteiger partial charge in [-0.1, -0.05) is 0 Å². The highest BCUT2D eigenvalue weighted by molar-refractivity contribution is 7.11. The Hall–Kier alpha value is -1.95. The lowest BCUT2D eigenvalue weighted by atomic mass is 9.91. The number of pyridine rings is 1. The van der Waals surface area contributed by atoms with E-state index in [1.54, 1.807) is 11.3 Å². The van der Waals surface area contributed by atoms with Crippen LogP contribution in [0.25, 0.3) is 0 Å². The van der Waals surface area contributed by atoms with Gasteiger partial charge in [0, 0.05) is 44.2 Å². The summed E-state index contributed by atoms with van der Waals surface area (Å²) >= 11 is 1.64. The van der Waals surface area contributed by atoms with E-state index in [0.29, 0.717) is 12.3 Å². The molecule has 0 saturated carbocycles. The standard InChI is InChI=1S/C19H26N4OS/c1-13-17(25-14(2)21-13)11-19(24)23-9-5-6-16(12-23)15-7-8-20-18(10-15)22(3)4/h7-8,10,16H,5-6,9,11-12H2,1-4H3. The number of hydrogen-bond donors (Lipinski definition) is 0. The average molecular weight is 359 g/mol. The molecule has 3 rings (SSSR count). The summed E-state index contributed by atoms with van der Waals surface area (Å²) in [5.74, 6) is 1.58. The Balaban J connectivity index is 1.69. The summed E-state index contributed by atoms with van der Waals surface area (Å²) in [5.41, 5.74) is 2.27. The van der Waals surface area contributed by atoms with Crippen LogP contribution in [0.3, 0.4) is 0 Å². The third kappa shape index (κ3) is 4.18. The first-order chi connectivity index (χ1) is 11.9. The molecule has 0 N–H and O–H groups in total. The van der Waals surface area contributed by atoms with E-state index in [0.717, 1.165) is 47.3 Å². The number of carbonyl (C=O) groups is 1. The van der Waals surface area contributed by atoms with Gasteiger partial charge in [-0.15, -0.1) is 11.3 Å². The van der Waals surface area contributed by atoms with Gasteiger partial charge in [-0.3, -0.25) is 4.79 Å². The zero-order valence-corrected chi connectivity index (χ0v) is 16.3. The molecule has 134 valence electrons. The first-order valence-corrected chi connectivity index (χ1v) is 9.59. The predicted molar refractivity (Wildman–Crippen MR) is 102 cm³/mol. The van der Waals surface area contributed by atoms with Crippen LogP contribution < -0.4 is 4.90 Å². The Morgan fingerprint density at radius 2 is 2.20 bits per heavy atom. The molecule has 6 heteroatoms. The first kappa shape index (κ1) is 17.9. The third-order valence-corrected chi connectivity index (χ3v) is 5.86. The highest BCUT2D eigenvalue weighted by Gasteiger charge is 2.26. The van der Waals surface area contributed by atoms with E-state index in [1.165, 1.54) is 5.56 Å². The SMILES string of the molecule is Cc1nc(C)c(CC(=O)N2CCCC(c3ccnc(N(C)C)c3)C2)s1. The number of likely N-dealkylation sites (tertiary alicyclic amines) is 1. The van der Waals surface area contributed by atoms with Gasteiger partial charge in [0.2, 0.25) is 5.91 Å². The van der Waals surface area contributed by atoms with Crippen LogP contribution in [0.4, 0.5) is 5.82 Å². The summed E-state index contributed by atoms with van der Waals surface area (Å²) in [6, 6.07) is 4.23. The molecule has 0 aliphatic carbocycles. The zero-order valence-electron chi connectivity index (χ0n) is 15.5. The maximum atomic E-state index is 12.8. The van der Waals surface area contributed by atoms with E-state index >= 15 is 0 Å². The van der Waals surface area contributed by atoms with Gasteiger partial charge in [-0.25, -0.2) is 9.97 Å². The summed E-state index contributed by atoms with van der Waals surface area (Å²) in [6.45, 7) is 5.64. The van der Waals surface area contributed by atoms with Crippen molar-refractivity contribution in [2.24, 2.45) is 0 Å². The number of nitrogens with zero attached hydrogens (tertiary/aromatic N) is 4. The number of thiazole rings is 1. The summed E-state index contributed by atoms with van der Waals surface area (Å²) in [7, 11) is 4.00. The second-order valence-electron chi connectivity index (χ2n) is 6.94. The van der Waals surface area contributed by atoms with E-state index in [1.807, 2.05) is 43.9 Å². The van der Waals surface area contributed by atoms with Crippen molar-refractivity contribution in [1.82, 2.24) is 14.9 Å². The lowest BCUT2D eigenvalue weighted by Crippen LogP contribution is -2.40. The normalized spacial score (nSPS) is 17.6. The molecule has 0 spiro atoms. The highest BCUT2D eigenvalue weighted by Crippen LogP contribution is 2.29. The fourth-order valence-corrected chi connectivity index (χ4v) is 4.32. The quantitative estimate of drug-likeness (QED) is 0.842. The number of aromatic nitrogens is 2. The molecule has 0 aromatic carbocycles. The molecule has 0 bridgehead atoms. The Bertz CT molecular complexity index is 756. The van der Waals surface area contributed by atoms with E-state index in [2.05, 4.69) is 22.1 Å². The second-order valence-corrected chi connectivity index (χ2v) is 8.23. The Morgan fingerprint density at radius 3 is 2.88 bits per heavy atom. The Labute approximate surface area is 153 Å². The van der Waals surface area contributed by atoms with E-state index < -0.39 is 0 Å². The van der Waals surface area contributed by atoms with Gasteiger partial charge in [-0.05, 0) is 44.4 Å². The first-order valence-electron chi connectivity index (χ1n) is 8.78. The van der Waals surface area contributed by atoms with Gasteiger partial charge in [-0.2, -0.15) is 0 Å². The zero-order chi connectivity index (χ0) is 18.0. The molecule has 1 saturated heterocycles. The van der Waals surface area contributed by atoms with Gasteiger partial charge in [0.25, 0.3) is 0 Å². The molecular weight excluding hydrogens is 332 g/mol. The minimum Gasteiger partial charge on any atom is -0.363 e. The van der Waals surface area contributed by atoms with Crippen molar-refractivity contribution in [3.05, 3.63) is 39.5 Å². The molecule has 1 amide bonds. The van der Waals surface area contributed by atoms with E-state index in [4.69, 9.17) is 0 Å². The number of hydrogen-bond acceptors (Lipinski definition) is 5. The van der Waals surface area contributed by atoms with Gasteiger partial charge in [0.05, 0.1) is 17.1 Å². The van der Waals surface area contributed by atoms with Gasteiger partial charge >= 0.3 is 0 Å². The minimum absolute atomic E-state index is 0.221. The number of aryl methyl sites for hydroxylation is 2. The second kappa shape index (κ2) is 7.52. The van der Waals surface area contributed by atoms with Gasteiger partial charge in [0.15, 0.2) is 0 Å². The van der Waals surface area contributed by atoms with Crippen LogP contribution in [0.2, 0.25) is 0 Å². The number of rotatable bonds is 4. The van der Waals surface area contributed by atoms with Crippen LogP contribution in [0, 0.1) is 13.8 Å². The lowest BCUT2D eigenvalue weighted by Gasteiger charge is -2.33. The average Bonchev–Trinajstić information content (AvgIpc) is 2.92. The molecule has 2 aromatic rings. The molecule has 1 unspecified atom stereocenters. The Morgan fingerprint density at radius 1 is 1.40 bits per heavy atom. The smallest absolute Gasteiger partial charge is 0.227 e. The predicted octanol–water partition coefficient (Wildman–Crippen LogP) is 3.17. The van der Waals surface area contributed by atoms with Crippen molar-refractivity contribution in [3.63, 3.8) is 0 Å². The number of amides is 1. The highest BCUT2D eigenvalue weighted by atomic mass is 32.1. The van der Waals surface area contributed by atoms with Crippen molar-refractivity contribution in [2.45, 2.75) is 39.0 Å². The number of carbonyl (C=O) groups excluding carboxylic acids is 1. The largest absolute Gasteiger partial charge is 0.363 e. The van der Waals surface area contributed by atoms with Crippen LogP contribution >= 0.6 is 11.3 Å². The van der Waals surface area contributed by atoms with Crippen molar-refractivity contribution < 1.29 is 4.79 Å². The third-order valence-electron chi connectivity index (χ3n) is 4.78. The summed E-state index contributed by atoms with van der Waals surface area (Å²) < 4.78 is 0. The molecule has 1 aliphatic heterocycles. The molecule has 1 aliphatic rings. The van der Waals surface area contributed by atoms with Crippen LogP contribution in [-0.2, 0) is 11.2 Å². The fourth-order valence-electron chi connectivity index (χ4n) is 3.40. The van der Waals surface area contributed by atoms with Gasteiger partial charge in [0.1, 0.15) is 5.82 Å². The molecule has 2 aromatic heterocycles. The van der Waals surface area contributed by atoms with Gasteiger partial charge < -0.3 is 9.80 Å². The number of piperidine rings is 1. The minimum atomic E-state index is 0.221. The fraction of sp³-hybridized carbons (Fsp3) is 0.526. The van der Waals surface area contributed by atoms with Crippen molar-refractivity contribution in [2.75, 3.05) is 32.1 Å². The summed E-state index contributed by atoms with van der Waals surface area (Å²) in [5, 5.41) is 1.03. The maximum absolute atomic E-state index is 12.8. The monoisotopic (exact) mass is 358 g/mol. The van der Waals surface area contributed by atoms with Crippen molar-refractivity contribution in [1.29, 1.82) is 0 Å². The van der Waals surface area contributed by atoms with Crippen LogP contribution in [0.1, 0.15) is 39.9 Å². The van der Waals surface area contributed by atoms with Crippen LogP contribution in [0.5, 0.6) is 0 Å². The summed E-state index contributed by atoms with van der Waals surface area (Å²) in [6.07, 6.45) is 4.52. The molecular formula is C19H26N4OS. The number of anilines is 1. The maximum Gasteiger partial charge on any atom is 0.227 e. The van der Waals surface area contributed by atoms with Crippen molar-refractivity contribution in [3.8, 4) is 0 Å². The summed E-state index contributed by atoms with van der Waals surface area (Å²) in [4.78, 5) is 26.7. The van der Waals surface area contributed by atoms with E-state index in [-0.39, 0.29) is 5.91 Å². The lowest BCUT2D eigenvalue weighted by molar-refractivity contribution is -0.131. The molecule has 5 nitrogen and oxygen atoms in total. The van der Waals surface area contributed by atoms with Crippen molar-refractivity contribution >= 4 is 23.1 Å². The molecule has 1 atom stereocenters. The van der Waals surface area contributed by atoms with Crippen LogP contribution in [-0.4, -0.2) is 48.0 Å². The van der Waals surface area contributed by atoms with Crippen LogP contribution in [0.15, 0.2) is 18.3 Å². The topological polar surface area (TPSA) is 49.3 Å². The molecule has 0 radical (unpaired) electrons. The molecule has 25 heavy (non-hydrogen) atoms. The Kier molecular flexibility index (Phi) is 5.37.